The van der Waals surface area contributed by atoms with Crippen LogP contribution in [0.2, 0.25) is 0 Å². The molecule has 0 spiro atoms. The molecule has 1 N–H and O–H groups in total. The van der Waals surface area contributed by atoms with Crippen LogP contribution in [0.4, 0.5) is 0 Å². The molecule has 1 atom stereocenters. The molecule has 1 fully saturated rings. The van der Waals surface area contributed by atoms with E-state index in [9.17, 15) is 9.59 Å². The Bertz CT molecular complexity index is 943. The van der Waals surface area contributed by atoms with E-state index in [-0.39, 0.29) is 16.7 Å². The van der Waals surface area contributed by atoms with E-state index in [0.717, 1.165) is 48.7 Å². The second kappa shape index (κ2) is 8.19. The fourth-order valence-electron chi connectivity index (χ4n) is 3.65. The van der Waals surface area contributed by atoms with Gasteiger partial charge in [-0.2, -0.15) is 0 Å². The summed E-state index contributed by atoms with van der Waals surface area (Å²) in [6.07, 6.45) is 7.48. The molecule has 2 aromatic heterocycles. The van der Waals surface area contributed by atoms with E-state index >= 15 is 0 Å². The second-order valence-corrected chi connectivity index (χ2v) is 10.9. The van der Waals surface area contributed by atoms with Crippen molar-refractivity contribution in [3.05, 3.63) is 20.8 Å². The summed E-state index contributed by atoms with van der Waals surface area (Å²) in [7, 11) is 0. The van der Waals surface area contributed by atoms with Gasteiger partial charge in [-0.1, -0.05) is 25.6 Å². The molecule has 0 unspecified atom stereocenters. The van der Waals surface area contributed by atoms with E-state index < -0.39 is 0 Å². The van der Waals surface area contributed by atoms with Gasteiger partial charge in [0.1, 0.15) is 4.83 Å². The van der Waals surface area contributed by atoms with Gasteiger partial charge < -0.3 is 5.32 Å². The third kappa shape index (κ3) is 4.15. The number of thiophene rings is 1. The van der Waals surface area contributed by atoms with Gasteiger partial charge in [0.05, 0.1) is 10.6 Å². The lowest BCUT2D eigenvalue weighted by atomic mass is 9.97. The summed E-state index contributed by atoms with van der Waals surface area (Å²) in [5, 5.41) is 4.33. The first-order valence-corrected chi connectivity index (χ1v) is 12.2. The number of hydrogen-bond acceptors (Lipinski definition) is 5. The van der Waals surface area contributed by atoms with Crippen LogP contribution in [0.1, 0.15) is 63.3 Å². The topological polar surface area (TPSA) is 64.0 Å². The Morgan fingerprint density at radius 2 is 2.04 bits per heavy atom. The number of nitrogens with one attached hydrogen (secondary N) is 1. The summed E-state index contributed by atoms with van der Waals surface area (Å²) in [6, 6.07) is 0.346. The zero-order valence-corrected chi connectivity index (χ0v) is 18.5. The van der Waals surface area contributed by atoms with E-state index in [1.54, 1.807) is 11.3 Å². The average molecular weight is 420 g/mol. The first kappa shape index (κ1) is 20.0. The molecule has 152 valence electrons. The van der Waals surface area contributed by atoms with Crippen LogP contribution >= 0.6 is 23.1 Å². The van der Waals surface area contributed by atoms with E-state index in [4.69, 9.17) is 4.98 Å². The van der Waals surface area contributed by atoms with Crippen molar-refractivity contribution in [3.63, 3.8) is 0 Å². The van der Waals surface area contributed by atoms with Gasteiger partial charge in [0.15, 0.2) is 5.16 Å². The summed E-state index contributed by atoms with van der Waals surface area (Å²) in [5.74, 6) is 0.551. The molecule has 1 amide bonds. The van der Waals surface area contributed by atoms with Crippen LogP contribution in [-0.4, -0.2) is 26.8 Å². The Morgan fingerprint density at radius 3 is 2.75 bits per heavy atom. The van der Waals surface area contributed by atoms with Gasteiger partial charge >= 0.3 is 0 Å². The van der Waals surface area contributed by atoms with Crippen molar-refractivity contribution in [1.82, 2.24) is 14.9 Å². The molecule has 0 radical (unpaired) electrons. The Morgan fingerprint density at radius 1 is 1.29 bits per heavy atom. The molecule has 5 nitrogen and oxygen atoms in total. The molecule has 0 aliphatic heterocycles. The fraction of sp³-hybridized carbons (Fsp3) is 0.667. The van der Waals surface area contributed by atoms with Crippen LogP contribution in [0.15, 0.2) is 9.95 Å². The summed E-state index contributed by atoms with van der Waals surface area (Å²) in [6.45, 7) is 6.90. The molecule has 7 heteroatoms. The van der Waals surface area contributed by atoms with Gasteiger partial charge in [-0.15, -0.1) is 11.3 Å². The molecule has 0 bridgehead atoms. The Hall–Kier alpha value is -1.34. The Kier molecular flexibility index (Phi) is 5.83. The van der Waals surface area contributed by atoms with Crippen molar-refractivity contribution in [2.45, 2.75) is 88.7 Å². The first-order valence-electron chi connectivity index (χ1n) is 10.5. The molecular weight excluding hydrogens is 390 g/mol. The van der Waals surface area contributed by atoms with Crippen LogP contribution in [-0.2, 0) is 24.2 Å². The zero-order chi connectivity index (χ0) is 19.8. The van der Waals surface area contributed by atoms with Gasteiger partial charge in [-0.25, -0.2) is 4.98 Å². The minimum Gasteiger partial charge on any atom is -0.352 e. The standard InChI is InChI=1S/C21H29N3O2S2/c1-12(2)10-11-24-20(26)17-15-6-4-5-7-16(15)28-19(17)23-21(24)27-13(3)18(25)22-14-8-9-14/h12-14H,4-11H2,1-3H3,(H,22,25)/t13-/m0/s1. The largest absolute Gasteiger partial charge is 0.352 e. The van der Waals surface area contributed by atoms with Crippen LogP contribution in [0, 0.1) is 5.92 Å². The van der Waals surface area contributed by atoms with E-state index in [1.807, 2.05) is 11.5 Å². The molecule has 28 heavy (non-hydrogen) atoms. The zero-order valence-electron chi connectivity index (χ0n) is 16.9. The highest BCUT2D eigenvalue weighted by Gasteiger charge is 2.28. The molecule has 4 rings (SSSR count). The van der Waals surface area contributed by atoms with E-state index in [0.29, 0.717) is 23.7 Å². The van der Waals surface area contributed by atoms with Gasteiger partial charge in [-0.3, -0.25) is 14.2 Å². The predicted octanol–water partition coefficient (Wildman–Crippen LogP) is 4.14. The van der Waals surface area contributed by atoms with Crippen molar-refractivity contribution in [1.29, 1.82) is 0 Å². The minimum absolute atomic E-state index is 0.0442. The number of carbonyl (C=O) groups excluding carboxylic acids is 1. The van der Waals surface area contributed by atoms with Gasteiger partial charge in [0.25, 0.3) is 5.56 Å². The smallest absolute Gasteiger partial charge is 0.263 e. The number of fused-ring (bicyclic) bond motifs is 3. The monoisotopic (exact) mass is 419 g/mol. The van der Waals surface area contributed by atoms with Crippen LogP contribution in [0.25, 0.3) is 10.2 Å². The lowest BCUT2D eigenvalue weighted by Gasteiger charge is -2.17. The molecule has 2 aromatic rings. The lowest BCUT2D eigenvalue weighted by molar-refractivity contribution is -0.120. The third-order valence-electron chi connectivity index (χ3n) is 5.55. The van der Waals surface area contributed by atoms with Crippen LogP contribution in [0.5, 0.6) is 0 Å². The maximum absolute atomic E-state index is 13.4. The molecule has 2 heterocycles. The highest BCUT2D eigenvalue weighted by Crippen LogP contribution is 2.35. The summed E-state index contributed by atoms with van der Waals surface area (Å²) >= 11 is 3.10. The highest BCUT2D eigenvalue weighted by atomic mass is 32.2. The van der Waals surface area contributed by atoms with Crippen molar-refractivity contribution >= 4 is 39.2 Å². The Balaban J connectivity index is 1.71. The minimum atomic E-state index is -0.259. The van der Waals surface area contributed by atoms with Crippen molar-refractivity contribution in [2.24, 2.45) is 5.92 Å². The second-order valence-electron chi connectivity index (χ2n) is 8.47. The number of aryl methyl sites for hydroxylation is 2. The molecule has 0 saturated heterocycles. The summed E-state index contributed by atoms with van der Waals surface area (Å²) in [5.41, 5.74) is 1.32. The summed E-state index contributed by atoms with van der Waals surface area (Å²) < 4.78 is 1.83. The highest BCUT2D eigenvalue weighted by molar-refractivity contribution is 8.00. The number of aromatic nitrogens is 2. The van der Waals surface area contributed by atoms with Crippen LogP contribution < -0.4 is 10.9 Å². The quantitative estimate of drug-likeness (QED) is 0.541. The average Bonchev–Trinajstić information content (AvgIpc) is 3.38. The predicted molar refractivity (Wildman–Crippen MR) is 116 cm³/mol. The maximum Gasteiger partial charge on any atom is 0.263 e. The van der Waals surface area contributed by atoms with Gasteiger partial charge in [0.2, 0.25) is 5.91 Å². The van der Waals surface area contributed by atoms with Crippen LogP contribution in [0.3, 0.4) is 0 Å². The van der Waals surface area contributed by atoms with E-state index in [1.165, 1.54) is 28.6 Å². The molecule has 0 aromatic carbocycles. The maximum atomic E-state index is 13.4. The normalized spacial score (nSPS) is 17.7. The first-order chi connectivity index (χ1) is 13.4. The number of carbonyl (C=O) groups is 1. The SMILES string of the molecule is CC(C)CCn1c(S[C@@H](C)C(=O)NC2CC2)nc2sc3c(c2c1=O)CCCC3. The number of nitrogens with zero attached hydrogens (tertiary/aromatic N) is 2. The number of hydrogen-bond donors (Lipinski definition) is 1. The van der Waals surface area contributed by atoms with Crippen molar-refractivity contribution in [2.75, 3.05) is 0 Å². The number of thioether (sulfide) groups is 1. The van der Waals surface area contributed by atoms with Crippen molar-refractivity contribution < 1.29 is 4.79 Å². The third-order valence-corrected chi connectivity index (χ3v) is 7.82. The summed E-state index contributed by atoms with van der Waals surface area (Å²) in [4.78, 5) is 33.0. The Labute approximate surface area is 174 Å². The number of amides is 1. The molecular formula is C21H29N3O2S2. The molecule has 1 saturated carbocycles. The number of rotatable bonds is 7. The molecule has 2 aliphatic carbocycles. The fourth-order valence-corrected chi connectivity index (χ4v) is 5.90. The van der Waals surface area contributed by atoms with Gasteiger partial charge in [-0.05, 0) is 63.4 Å². The van der Waals surface area contributed by atoms with Gasteiger partial charge in [0, 0.05) is 17.5 Å². The lowest BCUT2D eigenvalue weighted by Crippen LogP contribution is -2.33. The molecule has 2 aliphatic rings. The van der Waals surface area contributed by atoms with E-state index in [2.05, 4.69) is 19.2 Å². The van der Waals surface area contributed by atoms with Crippen molar-refractivity contribution in [3.8, 4) is 0 Å².